The van der Waals surface area contributed by atoms with Crippen molar-refractivity contribution in [3.63, 3.8) is 0 Å². The number of hydrogen-bond donors (Lipinski definition) is 1. The fraction of sp³-hybridized carbons (Fsp3) is 0.125. The molecule has 4 aromatic rings. The van der Waals surface area contributed by atoms with E-state index in [2.05, 4.69) is 15.4 Å². The maximum absolute atomic E-state index is 13.4. The number of benzene rings is 2. The first-order valence-corrected chi connectivity index (χ1v) is 10.2. The van der Waals surface area contributed by atoms with Crippen molar-refractivity contribution in [1.82, 2.24) is 24.6 Å². The van der Waals surface area contributed by atoms with Crippen molar-refractivity contribution >= 4 is 5.91 Å². The second-order valence-electron chi connectivity index (χ2n) is 7.40. The molecule has 2 heterocycles. The number of aromatic nitrogens is 4. The molecule has 0 atom stereocenters. The Morgan fingerprint density at radius 2 is 1.82 bits per heavy atom. The first-order chi connectivity index (χ1) is 15.9. The van der Waals surface area contributed by atoms with E-state index < -0.39 is 28.7 Å². The minimum atomic E-state index is -0.821. The highest BCUT2D eigenvalue weighted by molar-refractivity contribution is 5.91. The van der Waals surface area contributed by atoms with E-state index in [0.717, 1.165) is 14.8 Å². The van der Waals surface area contributed by atoms with Gasteiger partial charge in [0, 0.05) is 6.20 Å². The maximum atomic E-state index is 13.4. The van der Waals surface area contributed by atoms with E-state index in [1.165, 1.54) is 24.3 Å². The quantitative estimate of drug-likeness (QED) is 0.491. The Labute approximate surface area is 188 Å². The number of carbonyl (C=O) groups is 1. The molecule has 0 spiro atoms. The molecule has 0 aliphatic carbocycles. The summed E-state index contributed by atoms with van der Waals surface area (Å²) < 4.78 is 15.3. The molecule has 33 heavy (non-hydrogen) atoms. The highest BCUT2D eigenvalue weighted by Crippen LogP contribution is 2.07. The summed E-state index contributed by atoms with van der Waals surface area (Å²) in [5.41, 5.74) is 0.471. The Bertz CT molecular complexity index is 1410. The Hall–Kier alpha value is -4.40. The Morgan fingerprint density at radius 3 is 2.52 bits per heavy atom. The molecule has 2 aromatic heterocycles. The van der Waals surface area contributed by atoms with Gasteiger partial charge in [-0.2, -0.15) is 9.78 Å². The average Bonchev–Trinajstić information content (AvgIpc) is 2.82. The molecule has 2 aromatic carbocycles. The number of nitrogens with one attached hydrogen (secondary N) is 1. The summed E-state index contributed by atoms with van der Waals surface area (Å²) in [6.45, 7) is 1.92. The first kappa shape index (κ1) is 21.8. The normalized spacial score (nSPS) is 10.7. The van der Waals surface area contributed by atoms with Crippen molar-refractivity contribution < 1.29 is 9.18 Å². The van der Waals surface area contributed by atoms with Gasteiger partial charge in [0.2, 0.25) is 5.69 Å². The second-order valence-corrected chi connectivity index (χ2v) is 7.40. The van der Waals surface area contributed by atoms with Crippen LogP contribution in [0.5, 0.6) is 0 Å². The molecular formula is C24H20FN5O3. The molecule has 4 rings (SSSR count). The summed E-state index contributed by atoms with van der Waals surface area (Å²) in [6, 6.07) is 17.6. The molecule has 1 N–H and O–H groups in total. The number of halogens is 1. The molecule has 0 radical (unpaired) electrons. The van der Waals surface area contributed by atoms with E-state index in [1.807, 2.05) is 25.1 Å². The molecule has 166 valence electrons. The predicted molar refractivity (Wildman–Crippen MR) is 120 cm³/mol. The Kier molecular flexibility index (Phi) is 6.21. The molecule has 0 unspecified atom stereocenters. The highest BCUT2D eigenvalue weighted by atomic mass is 19.1. The lowest BCUT2D eigenvalue weighted by atomic mass is 10.1. The minimum Gasteiger partial charge on any atom is -0.345 e. The van der Waals surface area contributed by atoms with E-state index in [0.29, 0.717) is 11.3 Å². The van der Waals surface area contributed by atoms with Gasteiger partial charge in [-0.25, -0.2) is 9.18 Å². The average molecular weight is 445 g/mol. The van der Waals surface area contributed by atoms with Crippen molar-refractivity contribution in [3.05, 3.63) is 122 Å². The third-order valence-electron chi connectivity index (χ3n) is 4.93. The molecule has 0 bridgehead atoms. The van der Waals surface area contributed by atoms with Crippen molar-refractivity contribution in [1.29, 1.82) is 0 Å². The monoisotopic (exact) mass is 445 g/mol. The highest BCUT2D eigenvalue weighted by Gasteiger charge is 2.20. The molecule has 0 fully saturated rings. The summed E-state index contributed by atoms with van der Waals surface area (Å²) in [7, 11) is 0. The third-order valence-corrected chi connectivity index (χ3v) is 4.93. The van der Waals surface area contributed by atoms with Crippen LogP contribution in [0.3, 0.4) is 0 Å². The van der Waals surface area contributed by atoms with Gasteiger partial charge in [0.25, 0.3) is 11.5 Å². The topological polar surface area (TPSA) is 98.9 Å². The molecule has 9 heteroatoms. The fourth-order valence-corrected chi connectivity index (χ4v) is 3.30. The summed E-state index contributed by atoms with van der Waals surface area (Å²) in [4.78, 5) is 43.2. The van der Waals surface area contributed by atoms with Crippen molar-refractivity contribution in [2.75, 3.05) is 0 Å². The molecular weight excluding hydrogens is 425 g/mol. The van der Waals surface area contributed by atoms with Crippen molar-refractivity contribution in [2.45, 2.75) is 20.0 Å². The molecule has 0 aliphatic heterocycles. The Morgan fingerprint density at radius 1 is 1.03 bits per heavy atom. The van der Waals surface area contributed by atoms with Gasteiger partial charge in [0.15, 0.2) is 0 Å². The van der Waals surface area contributed by atoms with Crippen LogP contribution in [-0.2, 0) is 13.1 Å². The van der Waals surface area contributed by atoms with Gasteiger partial charge in [-0.05, 0) is 48.9 Å². The second kappa shape index (κ2) is 9.39. The minimum absolute atomic E-state index is 0.0520. The zero-order valence-electron chi connectivity index (χ0n) is 17.7. The van der Waals surface area contributed by atoms with E-state index in [9.17, 15) is 18.8 Å². The third kappa shape index (κ3) is 4.93. The van der Waals surface area contributed by atoms with Crippen LogP contribution in [-0.4, -0.2) is 25.2 Å². The van der Waals surface area contributed by atoms with E-state index in [1.54, 1.807) is 30.5 Å². The van der Waals surface area contributed by atoms with Gasteiger partial charge < -0.3 is 5.32 Å². The van der Waals surface area contributed by atoms with Gasteiger partial charge in [-0.3, -0.25) is 19.1 Å². The van der Waals surface area contributed by atoms with Crippen molar-refractivity contribution in [3.8, 4) is 5.69 Å². The number of pyridine rings is 1. The first-order valence-electron chi connectivity index (χ1n) is 10.2. The van der Waals surface area contributed by atoms with E-state index in [4.69, 9.17) is 0 Å². The zero-order valence-corrected chi connectivity index (χ0v) is 17.7. The lowest BCUT2D eigenvalue weighted by molar-refractivity contribution is 0.0940. The number of hydrogen-bond acceptors (Lipinski definition) is 5. The SMILES string of the molecule is Cc1cccc(Cn2c(=O)c(C(=O)NCc3ccccn3)nn(-c3ccc(F)cc3)c2=O)c1. The molecule has 0 saturated carbocycles. The number of carbonyl (C=O) groups excluding carboxylic acids is 1. The van der Waals surface area contributed by atoms with Crippen LogP contribution >= 0.6 is 0 Å². The standard InChI is InChI=1S/C24H20FN5O3/c1-16-5-4-6-17(13-16)15-29-23(32)21(22(31)27-14-19-7-2-3-12-26-19)28-30(24(29)33)20-10-8-18(25)9-11-20/h2-13H,14-15H2,1H3,(H,27,31). The van der Waals surface area contributed by atoms with Crippen LogP contribution in [0.4, 0.5) is 4.39 Å². The molecule has 0 aliphatic rings. The van der Waals surface area contributed by atoms with Crippen LogP contribution in [0.15, 0.2) is 82.5 Å². The predicted octanol–water partition coefficient (Wildman–Crippen LogP) is 2.22. The van der Waals surface area contributed by atoms with Crippen LogP contribution in [0.25, 0.3) is 5.69 Å². The lowest BCUT2D eigenvalue weighted by Gasteiger charge is -2.12. The van der Waals surface area contributed by atoms with Crippen molar-refractivity contribution in [2.24, 2.45) is 0 Å². The van der Waals surface area contributed by atoms with Gasteiger partial charge >= 0.3 is 5.69 Å². The van der Waals surface area contributed by atoms with Crippen LogP contribution < -0.4 is 16.6 Å². The number of nitrogens with zero attached hydrogens (tertiary/aromatic N) is 4. The summed E-state index contributed by atoms with van der Waals surface area (Å²) in [5.74, 6) is -1.24. The van der Waals surface area contributed by atoms with Crippen LogP contribution in [0, 0.1) is 12.7 Å². The smallest absolute Gasteiger partial charge is 0.345 e. The summed E-state index contributed by atoms with van der Waals surface area (Å²) in [5, 5.41) is 6.63. The summed E-state index contributed by atoms with van der Waals surface area (Å²) >= 11 is 0. The molecule has 8 nitrogen and oxygen atoms in total. The number of aryl methyl sites for hydroxylation is 1. The Balaban J connectivity index is 1.78. The van der Waals surface area contributed by atoms with Crippen LogP contribution in [0.2, 0.25) is 0 Å². The van der Waals surface area contributed by atoms with Gasteiger partial charge in [-0.1, -0.05) is 35.9 Å². The number of rotatable bonds is 6. The van der Waals surface area contributed by atoms with Gasteiger partial charge in [0.1, 0.15) is 5.82 Å². The molecule has 0 saturated heterocycles. The number of amides is 1. The fourth-order valence-electron chi connectivity index (χ4n) is 3.30. The van der Waals surface area contributed by atoms with E-state index >= 15 is 0 Å². The molecule has 1 amide bonds. The maximum Gasteiger partial charge on any atom is 0.352 e. The van der Waals surface area contributed by atoms with Gasteiger partial charge in [-0.15, -0.1) is 0 Å². The summed E-state index contributed by atoms with van der Waals surface area (Å²) in [6.07, 6.45) is 1.59. The van der Waals surface area contributed by atoms with Gasteiger partial charge in [0.05, 0.1) is 24.5 Å². The zero-order chi connectivity index (χ0) is 23.4. The van der Waals surface area contributed by atoms with E-state index in [-0.39, 0.29) is 18.8 Å². The lowest BCUT2D eigenvalue weighted by Crippen LogP contribution is -2.46. The van der Waals surface area contributed by atoms with Crippen LogP contribution in [0.1, 0.15) is 27.3 Å². The largest absolute Gasteiger partial charge is 0.352 e.